The van der Waals surface area contributed by atoms with E-state index in [0.717, 1.165) is 95.7 Å². The van der Waals surface area contributed by atoms with Gasteiger partial charge in [-0.05, 0) is 94.5 Å². The Kier molecular flexibility index (Phi) is 12.5. The fraction of sp³-hybridized carbons (Fsp3) is 0.358. The molecule has 4 heterocycles. The van der Waals surface area contributed by atoms with Crippen molar-refractivity contribution in [3.63, 3.8) is 0 Å². The maximum absolute atomic E-state index is 14.2. The first-order valence-electron chi connectivity index (χ1n) is 22.9. The first-order chi connectivity index (χ1) is 31.6. The smallest absolute Gasteiger partial charge is 0.407 e. The van der Waals surface area contributed by atoms with Gasteiger partial charge in [-0.1, -0.05) is 111 Å². The molecule has 2 N–H and O–H groups in total. The number of nitrogens with zero attached hydrogens (tertiary/aromatic N) is 4. The third kappa shape index (κ3) is 8.86. The van der Waals surface area contributed by atoms with Gasteiger partial charge in [0.05, 0.1) is 50.5 Å². The number of imidazole rings is 1. The number of alkyl carbamates (subject to hydrolysis) is 1. The minimum atomic E-state index is -0.682. The molecule has 5 aromatic rings. The number of hydrogen-bond donors (Lipinski definition) is 2. The van der Waals surface area contributed by atoms with Crippen LogP contribution in [0.2, 0.25) is 0 Å². The number of aromatic nitrogens is 2. The second-order valence-corrected chi connectivity index (χ2v) is 17.9. The van der Waals surface area contributed by atoms with E-state index >= 15 is 0 Å². The zero-order chi connectivity index (χ0) is 45.2. The van der Waals surface area contributed by atoms with Crippen molar-refractivity contribution in [2.45, 2.75) is 89.3 Å². The van der Waals surface area contributed by atoms with Crippen molar-refractivity contribution in [1.29, 1.82) is 0 Å². The van der Waals surface area contributed by atoms with Crippen molar-refractivity contribution in [1.82, 2.24) is 25.1 Å². The molecular weight excluding hydrogens is 817 g/mol. The topological polar surface area (TPSA) is 146 Å². The number of rotatable bonds is 12. The molecular formula is C53H56N6O6. The summed E-state index contributed by atoms with van der Waals surface area (Å²) in [6.07, 6.45) is 7.15. The van der Waals surface area contributed by atoms with Gasteiger partial charge in [0.15, 0.2) is 0 Å². The third-order valence-electron chi connectivity index (χ3n) is 13.7. The SMILES string of the molecule is COC(=O)C[C@@H](C(=O)N1CCC[C@H]1C1=NC2=C(C1)c1ccc(-c3ccc(-c4ccc(-c5cnc([C@@H]6CCCN6C(=O)[C@@H](NC(=O)OC)C(C)C)[nH]5)cc4)cc3)cc1CC2)c1ccccc1. The summed E-state index contributed by atoms with van der Waals surface area (Å²) in [5, 5.41) is 2.71. The number of benzene rings is 4. The minimum absolute atomic E-state index is 0.0110. The number of esters is 1. The van der Waals surface area contributed by atoms with E-state index in [0.29, 0.717) is 13.1 Å². The Hall–Kier alpha value is -6.82. The first-order valence-corrected chi connectivity index (χ1v) is 22.9. The molecule has 334 valence electrons. The van der Waals surface area contributed by atoms with E-state index in [1.54, 1.807) is 0 Å². The van der Waals surface area contributed by atoms with Gasteiger partial charge in [0.2, 0.25) is 11.8 Å². The monoisotopic (exact) mass is 872 g/mol. The van der Waals surface area contributed by atoms with Crippen LogP contribution in [-0.4, -0.2) is 88.7 Å². The van der Waals surface area contributed by atoms with Crippen LogP contribution in [0.3, 0.4) is 0 Å². The Bertz CT molecular complexity index is 2650. The van der Waals surface area contributed by atoms with Crippen molar-refractivity contribution in [2.24, 2.45) is 10.9 Å². The Morgan fingerprint density at radius 3 is 2.05 bits per heavy atom. The number of hydrogen-bond acceptors (Lipinski definition) is 8. The Morgan fingerprint density at radius 2 is 1.38 bits per heavy atom. The predicted molar refractivity (Wildman–Crippen MR) is 251 cm³/mol. The normalized spacial score (nSPS) is 18.8. The quantitative estimate of drug-likeness (QED) is 0.119. The maximum atomic E-state index is 14.2. The van der Waals surface area contributed by atoms with Gasteiger partial charge in [0.25, 0.3) is 0 Å². The van der Waals surface area contributed by atoms with Gasteiger partial charge in [0, 0.05) is 30.9 Å². The lowest BCUT2D eigenvalue weighted by Crippen LogP contribution is -2.51. The summed E-state index contributed by atoms with van der Waals surface area (Å²) < 4.78 is 9.77. The lowest BCUT2D eigenvalue weighted by molar-refractivity contribution is -0.144. The van der Waals surface area contributed by atoms with Gasteiger partial charge in [0.1, 0.15) is 11.9 Å². The Morgan fingerprint density at radius 1 is 0.754 bits per heavy atom. The third-order valence-corrected chi connectivity index (χ3v) is 13.7. The molecule has 3 amide bonds. The van der Waals surface area contributed by atoms with Gasteiger partial charge < -0.3 is 29.6 Å². The van der Waals surface area contributed by atoms with E-state index in [4.69, 9.17) is 19.5 Å². The highest BCUT2D eigenvalue weighted by Gasteiger charge is 2.40. The highest BCUT2D eigenvalue weighted by Crippen LogP contribution is 2.42. The number of ether oxygens (including phenoxy) is 2. The van der Waals surface area contributed by atoms with Crippen LogP contribution in [0.25, 0.3) is 39.1 Å². The van der Waals surface area contributed by atoms with Crippen LogP contribution in [0, 0.1) is 5.92 Å². The number of amides is 3. The van der Waals surface area contributed by atoms with Gasteiger partial charge in [-0.3, -0.25) is 19.4 Å². The molecule has 2 fully saturated rings. The lowest BCUT2D eigenvalue weighted by Gasteiger charge is -2.30. The second kappa shape index (κ2) is 18.7. The highest BCUT2D eigenvalue weighted by molar-refractivity contribution is 6.05. The van der Waals surface area contributed by atoms with Crippen LogP contribution in [0.15, 0.2) is 114 Å². The Labute approximate surface area is 380 Å². The molecule has 0 bridgehead atoms. The summed E-state index contributed by atoms with van der Waals surface area (Å²) >= 11 is 0. The molecule has 9 rings (SSSR count). The molecule has 4 aromatic carbocycles. The first kappa shape index (κ1) is 43.4. The molecule has 1 aromatic heterocycles. The van der Waals surface area contributed by atoms with E-state index < -0.39 is 24.0 Å². The molecule has 12 heteroatoms. The van der Waals surface area contributed by atoms with Crippen molar-refractivity contribution in [3.05, 3.63) is 131 Å². The molecule has 3 aliphatic heterocycles. The van der Waals surface area contributed by atoms with Crippen molar-refractivity contribution in [2.75, 3.05) is 27.3 Å². The van der Waals surface area contributed by atoms with Gasteiger partial charge in [-0.2, -0.15) is 0 Å². The van der Waals surface area contributed by atoms with Crippen LogP contribution in [0.5, 0.6) is 0 Å². The van der Waals surface area contributed by atoms with Crippen molar-refractivity contribution >= 4 is 35.2 Å². The number of methoxy groups -OCH3 is 2. The van der Waals surface area contributed by atoms with Crippen molar-refractivity contribution < 1.29 is 28.7 Å². The van der Waals surface area contributed by atoms with Crippen LogP contribution in [0.1, 0.15) is 93.3 Å². The highest BCUT2D eigenvalue weighted by atomic mass is 16.5. The molecule has 0 spiro atoms. The van der Waals surface area contributed by atoms with Gasteiger partial charge in [-0.25, -0.2) is 9.78 Å². The number of fused-ring (bicyclic) bond motifs is 2. The van der Waals surface area contributed by atoms with Crippen LogP contribution in [-0.2, 0) is 30.3 Å². The summed E-state index contributed by atoms with van der Waals surface area (Å²) in [4.78, 5) is 69.4. The Balaban J connectivity index is 0.843. The molecule has 1 aliphatic carbocycles. The number of aromatic amines is 1. The number of carbonyl (C=O) groups is 4. The second-order valence-electron chi connectivity index (χ2n) is 17.9. The summed E-state index contributed by atoms with van der Waals surface area (Å²) in [7, 11) is 2.66. The number of H-pyrrole nitrogens is 1. The van der Waals surface area contributed by atoms with E-state index in [2.05, 4.69) is 77.0 Å². The fourth-order valence-electron chi connectivity index (χ4n) is 10.1. The zero-order valence-electron chi connectivity index (χ0n) is 37.5. The molecule has 2 saturated heterocycles. The molecule has 4 aliphatic rings. The van der Waals surface area contributed by atoms with Gasteiger partial charge >= 0.3 is 12.1 Å². The number of aryl methyl sites for hydroxylation is 1. The summed E-state index contributed by atoms with van der Waals surface area (Å²) in [6.45, 7) is 5.07. The molecule has 65 heavy (non-hydrogen) atoms. The molecule has 0 radical (unpaired) electrons. The number of carbonyl (C=O) groups excluding carboxylic acids is 4. The molecule has 0 saturated carbocycles. The zero-order valence-corrected chi connectivity index (χ0v) is 37.5. The van der Waals surface area contributed by atoms with E-state index in [1.165, 1.54) is 36.5 Å². The summed E-state index contributed by atoms with van der Waals surface area (Å²) in [5.74, 6) is -0.514. The number of likely N-dealkylation sites (tertiary alicyclic amines) is 2. The minimum Gasteiger partial charge on any atom is -0.469 e. The number of allylic oxidation sites excluding steroid dienone is 2. The lowest BCUT2D eigenvalue weighted by atomic mass is 9.85. The maximum Gasteiger partial charge on any atom is 0.407 e. The van der Waals surface area contributed by atoms with E-state index in [-0.39, 0.29) is 36.2 Å². The molecule has 4 atom stereocenters. The average molecular weight is 873 g/mol. The van der Waals surface area contributed by atoms with Gasteiger partial charge in [-0.15, -0.1) is 0 Å². The average Bonchev–Trinajstić information content (AvgIpc) is 4.19. The van der Waals surface area contributed by atoms with E-state index in [9.17, 15) is 19.2 Å². The standard InChI is InChI=1S/C53H56N6O6/c1-32(2)49(57-53(63)65-4)52(62)59-27-9-13-47(59)50-54-31-45(56-50)37-20-18-34(19-21-37)33-14-16-35(17-15-33)38-22-24-40-39(28-38)23-25-43-42(40)29-44(55-43)46-12-8-26-58(46)51(61)41(30-48(60)64-3)36-10-6-5-7-11-36/h5-7,10-11,14-22,24,28,31-32,41,46-47,49H,8-9,12-13,23,25-27,29-30H2,1-4H3,(H,54,56)(H,57,63)/t41-,46+,47+,49+/m1/s1. The summed E-state index contributed by atoms with van der Waals surface area (Å²) in [5.41, 5.74) is 13.3. The molecule has 12 nitrogen and oxygen atoms in total. The largest absolute Gasteiger partial charge is 0.469 e. The van der Waals surface area contributed by atoms with Crippen LogP contribution >= 0.6 is 0 Å². The fourth-order valence-corrected chi connectivity index (χ4v) is 10.1. The van der Waals surface area contributed by atoms with Crippen molar-refractivity contribution in [3.8, 4) is 33.5 Å². The van der Waals surface area contributed by atoms with Crippen LogP contribution < -0.4 is 5.32 Å². The predicted octanol–water partition coefficient (Wildman–Crippen LogP) is 9.29. The number of aliphatic imine (C=N–C) groups is 1. The number of nitrogens with one attached hydrogen (secondary N) is 2. The molecule has 0 unspecified atom stereocenters. The summed E-state index contributed by atoms with van der Waals surface area (Å²) in [6, 6.07) is 32.5. The van der Waals surface area contributed by atoms with Crippen LogP contribution in [0.4, 0.5) is 4.79 Å². The van der Waals surface area contributed by atoms with E-state index in [1.807, 2.05) is 60.2 Å².